The number of hydrogen-bond acceptors (Lipinski definition) is 2. The molecule has 18 heavy (non-hydrogen) atoms. The summed E-state index contributed by atoms with van der Waals surface area (Å²) in [5.41, 5.74) is 2.19. The van der Waals surface area contributed by atoms with E-state index in [4.69, 9.17) is 0 Å². The van der Waals surface area contributed by atoms with Crippen LogP contribution in [0.2, 0.25) is 0 Å². The van der Waals surface area contributed by atoms with E-state index < -0.39 is 0 Å². The van der Waals surface area contributed by atoms with Crippen LogP contribution in [0.5, 0.6) is 0 Å². The highest BCUT2D eigenvalue weighted by Gasteiger charge is 2.05. The van der Waals surface area contributed by atoms with Gasteiger partial charge in [-0.1, -0.05) is 60.7 Å². The largest absolute Gasteiger partial charge is 0.142 e. The summed E-state index contributed by atoms with van der Waals surface area (Å²) in [6, 6.07) is 10.1. The van der Waals surface area contributed by atoms with E-state index >= 15 is 0 Å². The molecule has 0 saturated carbocycles. The smallest absolute Gasteiger partial charge is 0.0253 e. The molecule has 0 unspecified atom stereocenters. The SMILES string of the molecule is SC(=C(\S)c1ccccc1)/C1=C/C=C\CC/C=C\1. The van der Waals surface area contributed by atoms with E-state index in [1.165, 1.54) is 0 Å². The first-order chi connectivity index (χ1) is 8.79. The highest BCUT2D eigenvalue weighted by Crippen LogP contribution is 2.30. The monoisotopic (exact) mass is 272 g/mol. The van der Waals surface area contributed by atoms with Gasteiger partial charge in [0.15, 0.2) is 0 Å². The molecule has 0 saturated heterocycles. The van der Waals surface area contributed by atoms with Crippen molar-refractivity contribution in [1.82, 2.24) is 0 Å². The van der Waals surface area contributed by atoms with Gasteiger partial charge in [-0.15, -0.1) is 25.3 Å². The van der Waals surface area contributed by atoms with E-state index in [2.05, 4.69) is 55.6 Å². The minimum absolute atomic E-state index is 0.906. The average Bonchev–Trinajstić information content (AvgIpc) is 2.38. The van der Waals surface area contributed by atoms with Crippen molar-refractivity contribution in [2.24, 2.45) is 0 Å². The second-order valence-electron chi connectivity index (χ2n) is 4.09. The van der Waals surface area contributed by atoms with Gasteiger partial charge in [0.05, 0.1) is 0 Å². The summed E-state index contributed by atoms with van der Waals surface area (Å²) >= 11 is 9.20. The lowest BCUT2D eigenvalue weighted by Crippen LogP contribution is -1.86. The fourth-order valence-electron chi connectivity index (χ4n) is 1.75. The number of hydrogen-bond donors (Lipinski definition) is 2. The fourth-order valence-corrected chi connectivity index (χ4v) is 2.31. The van der Waals surface area contributed by atoms with E-state index in [1.54, 1.807) is 0 Å². The third kappa shape index (κ3) is 3.44. The van der Waals surface area contributed by atoms with Gasteiger partial charge in [-0.3, -0.25) is 0 Å². The predicted octanol–water partition coefficient (Wildman–Crippen LogP) is 5.05. The summed E-state index contributed by atoms with van der Waals surface area (Å²) in [5.74, 6) is 0. The van der Waals surface area contributed by atoms with Gasteiger partial charge in [0, 0.05) is 9.81 Å². The lowest BCUT2D eigenvalue weighted by Gasteiger charge is -2.08. The van der Waals surface area contributed by atoms with Crippen LogP contribution in [0.1, 0.15) is 18.4 Å². The van der Waals surface area contributed by atoms with Crippen molar-refractivity contribution in [3.8, 4) is 0 Å². The van der Waals surface area contributed by atoms with Crippen LogP contribution >= 0.6 is 25.3 Å². The number of thiol groups is 2. The molecule has 0 aromatic heterocycles. The molecule has 0 atom stereocenters. The summed E-state index contributed by atoms with van der Waals surface area (Å²) in [7, 11) is 0. The summed E-state index contributed by atoms with van der Waals surface area (Å²) in [6.45, 7) is 0. The molecule has 1 aliphatic rings. The molecule has 2 heteroatoms. The van der Waals surface area contributed by atoms with Gasteiger partial charge in [-0.25, -0.2) is 0 Å². The summed E-state index contributed by atoms with van der Waals surface area (Å²) < 4.78 is 0. The Hall–Kier alpha value is -1.12. The Morgan fingerprint density at radius 2 is 1.61 bits per heavy atom. The number of rotatable bonds is 2. The van der Waals surface area contributed by atoms with Crippen molar-refractivity contribution < 1.29 is 0 Å². The molecule has 92 valence electrons. The maximum Gasteiger partial charge on any atom is 0.0253 e. The van der Waals surface area contributed by atoms with E-state index in [9.17, 15) is 0 Å². The zero-order chi connectivity index (χ0) is 12.8. The third-order valence-corrected chi connectivity index (χ3v) is 3.89. The van der Waals surface area contributed by atoms with Gasteiger partial charge in [-0.2, -0.15) is 0 Å². The molecule has 1 aliphatic carbocycles. The molecule has 2 rings (SSSR count). The molecule has 1 aromatic carbocycles. The number of benzene rings is 1. The second-order valence-corrected chi connectivity index (χ2v) is 4.99. The van der Waals surface area contributed by atoms with Crippen molar-refractivity contribution >= 4 is 30.2 Å². The van der Waals surface area contributed by atoms with E-state index in [0.29, 0.717) is 0 Å². The third-order valence-electron chi connectivity index (χ3n) is 2.75. The maximum atomic E-state index is 4.61. The van der Waals surface area contributed by atoms with Crippen LogP contribution in [0.25, 0.3) is 4.91 Å². The Morgan fingerprint density at radius 3 is 2.39 bits per heavy atom. The van der Waals surface area contributed by atoms with E-state index in [0.717, 1.165) is 33.8 Å². The topological polar surface area (TPSA) is 0 Å². The molecular weight excluding hydrogens is 256 g/mol. The average molecular weight is 272 g/mol. The van der Waals surface area contributed by atoms with Gasteiger partial charge in [-0.05, 0) is 24.0 Å². The first-order valence-electron chi connectivity index (χ1n) is 6.00. The van der Waals surface area contributed by atoms with Gasteiger partial charge >= 0.3 is 0 Å². The standard InChI is InChI=1S/C16H16S2/c17-15(13-9-5-2-1-3-6-10-13)16(18)14-11-7-4-8-12-14/h2,4-12,17-18H,1,3H2/b5-2-,10-6-,13-9+,16-15-. The molecule has 0 nitrogen and oxygen atoms in total. The van der Waals surface area contributed by atoms with Crippen molar-refractivity contribution in [3.63, 3.8) is 0 Å². The second kappa shape index (κ2) is 6.72. The lowest BCUT2D eigenvalue weighted by atomic mass is 10.1. The molecule has 1 aromatic rings. The van der Waals surface area contributed by atoms with Crippen molar-refractivity contribution in [1.29, 1.82) is 0 Å². The van der Waals surface area contributed by atoms with E-state index in [-0.39, 0.29) is 0 Å². The van der Waals surface area contributed by atoms with Crippen LogP contribution < -0.4 is 0 Å². The Labute approximate surface area is 120 Å². The highest BCUT2D eigenvalue weighted by molar-refractivity contribution is 7.93. The lowest BCUT2D eigenvalue weighted by molar-refractivity contribution is 1.05. The highest BCUT2D eigenvalue weighted by atomic mass is 32.1. The number of allylic oxidation sites excluding steroid dienone is 6. The summed E-state index contributed by atoms with van der Waals surface area (Å²) in [5, 5.41) is 0. The first kappa shape index (κ1) is 13.3. The van der Waals surface area contributed by atoms with Crippen LogP contribution in [0.3, 0.4) is 0 Å². The zero-order valence-corrected chi connectivity index (χ0v) is 11.9. The van der Waals surface area contributed by atoms with Crippen molar-refractivity contribution in [2.75, 3.05) is 0 Å². The molecule has 0 spiro atoms. The van der Waals surface area contributed by atoms with Crippen molar-refractivity contribution in [2.45, 2.75) is 12.8 Å². The summed E-state index contributed by atoms with van der Waals surface area (Å²) in [6.07, 6.45) is 12.8. The molecule has 0 fully saturated rings. The van der Waals surface area contributed by atoms with Crippen LogP contribution in [0.4, 0.5) is 0 Å². The van der Waals surface area contributed by atoms with Gasteiger partial charge in [0.25, 0.3) is 0 Å². The zero-order valence-electron chi connectivity index (χ0n) is 10.1. The Balaban J connectivity index is 2.37. The van der Waals surface area contributed by atoms with Crippen LogP contribution in [0, 0.1) is 0 Å². The maximum absolute atomic E-state index is 4.61. The Bertz CT molecular complexity index is 519. The molecule has 0 N–H and O–H groups in total. The van der Waals surface area contributed by atoms with Crippen LogP contribution in [-0.4, -0.2) is 0 Å². The Kier molecular flexibility index (Phi) is 4.97. The Morgan fingerprint density at radius 1 is 0.889 bits per heavy atom. The van der Waals surface area contributed by atoms with Crippen LogP contribution in [0.15, 0.2) is 71.2 Å². The fraction of sp³-hybridized carbons (Fsp3) is 0.125. The van der Waals surface area contributed by atoms with Crippen molar-refractivity contribution in [3.05, 3.63) is 76.8 Å². The molecule has 0 aliphatic heterocycles. The van der Waals surface area contributed by atoms with Crippen LogP contribution in [-0.2, 0) is 0 Å². The summed E-state index contributed by atoms with van der Waals surface area (Å²) in [4.78, 5) is 1.82. The van der Waals surface area contributed by atoms with Gasteiger partial charge in [0.1, 0.15) is 0 Å². The van der Waals surface area contributed by atoms with E-state index in [1.807, 2.05) is 30.3 Å². The molecular formula is C16H16S2. The quantitative estimate of drug-likeness (QED) is 0.692. The molecule has 0 amide bonds. The minimum atomic E-state index is 0.906. The first-order valence-corrected chi connectivity index (χ1v) is 6.90. The van der Waals surface area contributed by atoms with Gasteiger partial charge < -0.3 is 0 Å². The normalized spacial score (nSPS) is 23.1. The minimum Gasteiger partial charge on any atom is -0.142 e. The predicted molar refractivity (Wildman–Crippen MR) is 86.9 cm³/mol. The molecule has 0 radical (unpaired) electrons. The molecule has 0 bridgehead atoms. The molecule has 0 heterocycles. The van der Waals surface area contributed by atoms with Gasteiger partial charge in [0.2, 0.25) is 0 Å².